The Morgan fingerprint density at radius 1 is 1.38 bits per heavy atom. The lowest BCUT2D eigenvalue weighted by atomic mass is 10.1. The van der Waals surface area contributed by atoms with Gasteiger partial charge in [0.25, 0.3) is 5.91 Å². The van der Waals surface area contributed by atoms with Crippen molar-refractivity contribution in [2.45, 2.75) is 33.1 Å². The Balaban J connectivity index is 2.40. The third-order valence-electron chi connectivity index (χ3n) is 2.33. The molecule has 1 aliphatic heterocycles. The van der Waals surface area contributed by atoms with E-state index in [-0.39, 0.29) is 11.7 Å². The molecule has 0 N–H and O–H groups in total. The molecule has 1 aliphatic rings. The first-order valence-corrected chi connectivity index (χ1v) is 4.93. The SMILES string of the molecule is CC(C)CCN1CCCC(=O)C1=O. The third kappa shape index (κ3) is 2.83. The minimum absolute atomic E-state index is 0.213. The van der Waals surface area contributed by atoms with Crippen molar-refractivity contribution in [1.29, 1.82) is 0 Å². The predicted octanol–water partition coefficient (Wildman–Crippen LogP) is 1.22. The number of amides is 1. The van der Waals surface area contributed by atoms with Gasteiger partial charge in [-0.25, -0.2) is 0 Å². The van der Waals surface area contributed by atoms with E-state index in [4.69, 9.17) is 0 Å². The largest absolute Gasteiger partial charge is 0.336 e. The first-order valence-electron chi connectivity index (χ1n) is 4.93. The Hall–Kier alpha value is -0.860. The molecule has 0 bridgehead atoms. The molecule has 74 valence electrons. The Kier molecular flexibility index (Phi) is 3.46. The average Bonchev–Trinajstić information content (AvgIpc) is 2.07. The minimum atomic E-state index is -0.271. The van der Waals surface area contributed by atoms with Gasteiger partial charge in [-0.3, -0.25) is 9.59 Å². The highest BCUT2D eigenvalue weighted by molar-refractivity contribution is 6.36. The molecule has 0 saturated carbocycles. The van der Waals surface area contributed by atoms with Crippen molar-refractivity contribution in [2.75, 3.05) is 13.1 Å². The normalized spacial score (nSPS) is 18.5. The molecule has 1 rings (SSSR count). The van der Waals surface area contributed by atoms with E-state index in [0.717, 1.165) is 25.9 Å². The lowest BCUT2D eigenvalue weighted by molar-refractivity contribution is -0.147. The molecule has 0 spiro atoms. The second-order valence-electron chi connectivity index (χ2n) is 4.00. The number of carbonyl (C=O) groups is 2. The van der Waals surface area contributed by atoms with Gasteiger partial charge in [-0.2, -0.15) is 0 Å². The summed E-state index contributed by atoms with van der Waals surface area (Å²) in [5.41, 5.74) is 0. The molecule has 1 saturated heterocycles. The second-order valence-corrected chi connectivity index (χ2v) is 4.00. The highest BCUT2D eigenvalue weighted by Crippen LogP contribution is 2.10. The van der Waals surface area contributed by atoms with Crippen LogP contribution < -0.4 is 0 Å². The minimum Gasteiger partial charge on any atom is -0.336 e. The van der Waals surface area contributed by atoms with E-state index >= 15 is 0 Å². The number of likely N-dealkylation sites (tertiary alicyclic amines) is 1. The van der Waals surface area contributed by atoms with Crippen molar-refractivity contribution in [2.24, 2.45) is 5.92 Å². The Morgan fingerprint density at radius 2 is 2.08 bits per heavy atom. The van der Waals surface area contributed by atoms with Crippen LogP contribution in [0.2, 0.25) is 0 Å². The molecule has 1 fully saturated rings. The van der Waals surface area contributed by atoms with Crippen LogP contribution in [0.1, 0.15) is 33.1 Å². The zero-order valence-corrected chi connectivity index (χ0v) is 8.38. The van der Waals surface area contributed by atoms with Gasteiger partial charge < -0.3 is 4.90 Å². The molecular formula is C10H17NO2. The van der Waals surface area contributed by atoms with E-state index in [2.05, 4.69) is 13.8 Å². The van der Waals surface area contributed by atoms with Crippen LogP contribution in [0.4, 0.5) is 0 Å². The molecule has 0 atom stereocenters. The molecular weight excluding hydrogens is 166 g/mol. The van der Waals surface area contributed by atoms with Gasteiger partial charge in [-0.05, 0) is 18.8 Å². The molecule has 0 unspecified atom stereocenters. The van der Waals surface area contributed by atoms with Crippen LogP contribution in [0.25, 0.3) is 0 Å². The monoisotopic (exact) mass is 183 g/mol. The highest BCUT2D eigenvalue weighted by atomic mass is 16.2. The summed E-state index contributed by atoms with van der Waals surface area (Å²) in [6.07, 6.45) is 2.26. The first-order chi connectivity index (χ1) is 6.11. The molecule has 0 radical (unpaired) electrons. The van der Waals surface area contributed by atoms with Crippen LogP contribution in [0, 0.1) is 5.92 Å². The summed E-state index contributed by atoms with van der Waals surface area (Å²) in [7, 11) is 0. The van der Waals surface area contributed by atoms with E-state index in [1.807, 2.05) is 0 Å². The topological polar surface area (TPSA) is 37.4 Å². The highest BCUT2D eigenvalue weighted by Gasteiger charge is 2.25. The van der Waals surface area contributed by atoms with E-state index in [1.165, 1.54) is 0 Å². The fourth-order valence-corrected chi connectivity index (χ4v) is 1.44. The van der Waals surface area contributed by atoms with Gasteiger partial charge in [0, 0.05) is 19.5 Å². The van der Waals surface area contributed by atoms with Gasteiger partial charge in [-0.1, -0.05) is 13.8 Å². The standard InChI is InChI=1S/C10H17NO2/c1-8(2)5-7-11-6-3-4-9(12)10(11)13/h8H,3-7H2,1-2H3. The second kappa shape index (κ2) is 4.40. The predicted molar refractivity (Wildman–Crippen MR) is 50.3 cm³/mol. The van der Waals surface area contributed by atoms with E-state index in [9.17, 15) is 9.59 Å². The first kappa shape index (κ1) is 10.2. The Labute approximate surface area is 79.1 Å². The molecule has 1 heterocycles. The van der Waals surface area contributed by atoms with Crippen LogP contribution in [-0.2, 0) is 9.59 Å². The van der Waals surface area contributed by atoms with Gasteiger partial charge in [-0.15, -0.1) is 0 Å². The van der Waals surface area contributed by atoms with Crippen molar-refractivity contribution < 1.29 is 9.59 Å². The van der Waals surface area contributed by atoms with Crippen LogP contribution in [0.3, 0.4) is 0 Å². The molecule has 0 aromatic heterocycles. The molecule has 3 nitrogen and oxygen atoms in total. The maximum Gasteiger partial charge on any atom is 0.289 e. The van der Waals surface area contributed by atoms with Crippen LogP contribution >= 0.6 is 0 Å². The molecule has 0 aliphatic carbocycles. The number of ketones is 1. The van der Waals surface area contributed by atoms with E-state index in [0.29, 0.717) is 12.3 Å². The van der Waals surface area contributed by atoms with Gasteiger partial charge in [0.05, 0.1) is 0 Å². The molecule has 0 aromatic rings. The van der Waals surface area contributed by atoms with Crippen molar-refractivity contribution in [3.05, 3.63) is 0 Å². The number of hydrogen-bond acceptors (Lipinski definition) is 2. The summed E-state index contributed by atoms with van der Waals surface area (Å²) < 4.78 is 0. The van der Waals surface area contributed by atoms with Crippen LogP contribution in [-0.4, -0.2) is 29.7 Å². The maximum absolute atomic E-state index is 11.3. The van der Waals surface area contributed by atoms with Crippen molar-refractivity contribution >= 4 is 11.7 Å². The number of nitrogens with zero attached hydrogens (tertiary/aromatic N) is 1. The summed E-state index contributed by atoms with van der Waals surface area (Å²) in [6.45, 7) is 5.74. The van der Waals surface area contributed by atoms with Gasteiger partial charge in [0.1, 0.15) is 0 Å². The lowest BCUT2D eigenvalue weighted by Crippen LogP contribution is -2.42. The summed E-state index contributed by atoms with van der Waals surface area (Å²) in [5, 5.41) is 0. The Bertz CT molecular complexity index is 211. The summed E-state index contributed by atoms with van der Waals surface area (Å²) in [4.78, 5) is 24.1. The van der Waals surface area contributed by atoms with E-state index in [1.54, 1.807) is 4.90 Å². The van der Waals surface area contributed by atoms with Gasteiger partial charge in [0.2, 0.25) is 5.78 Å². The van der Waals surface area contributed by atoms with Gasteiger partial charge >= 0.3 is 0 Å². The molecule has 3 heteroatoms. The number of piperidine rings is 1. The zero-order chi connectivity index (χ0) is 9.84. The maximum atomic E-state index is 11.3. The number of Topliss-reactive ketones (excluding diaryl/α,β-unsaturated/α-hetero) is 1. The number of hydrogen-bond donors (Lipinski definition) is 0. The van der Waals surface area contributed by atoms with Crippen molar-refractivity contribution in [3.8, 4) is 0 Å². The zero-order valence-electron chi connectivity index (χ0n) is 8.38. The van der Waals surface area contributed by atoms with Gasteiger partial charge in [0.15, 0.2) is 0 Å². The number of rotatable bonds is 3. The third-order valence-corrected chi connectivity index (χ3v) is 2.33. The van der Waals surface area contributed by atoms with E-state index < -0.39 is 0 Å². The molecule has 13 heavy (non-hydrogen) atoms. The summed E-state index contributed by atoms with van der Waals surface area (Å²) >= 11 is 0. The fourth-order valence-electron chi connectivity index (χ4n) is 1.44. The quantitative estimate of drug-likeness (QED) is 0.617. The molecule has 0 aromatic carbocycles. The van der Waals surface area contributed by atoms with Crippen molar-refractivity contribution in [1.82, 2.24) is 4.90 Å². The molecule has 1 amide bonds. The summed E-state index contributed by atoms with van der Waals surface area (Å²) in [5.74, 6) is 0.103. The lowest BCUT2D eigenvalue weighted by Gasteiger charge is -2.26. The van der Waals surface area contributed by atoms with Crippen LogP contribution in [0.5, 0.6) is 0 Å². The average molecular weight is 183 g/mol. The fraction of sp³-hybridized carbons (Fsp3) is 0.800. The number of carbonyl (C=O) groups excluding carboxylic acids is 2. The van der Waals surface area contributed by atoms with Crippen molar-refractivity contribution in [3.63, 3.8) is 0 Å². The smallest absolute Gasteiger partial charge is 0.289 e. The Morgan fingerprint density at radius 3 is 2.69 bits per heavy atom. The summed E-state index contributed by atoms with van der Waals surface area (Å²) in [6, 6.07) is 0. The van der Waals surface area contributed by atoms with Crippen LogP contribution in [0.15, 0.2) is 0 Å².